The molecule has 1 saturated heterocycles. The maximum Gasteiger partial charge on any atom is 0.200 e. The molecule has 0 amide bonds. The molecule has 1 aliphatic heterocycles. The molecule has 1 aromatic carbocycles. The van der Waals surface area contributed by atoms with Crippen molar-refractivity contribution in [2.24, 2.45) is 11.8 Å². The summed E-state index contributed by atoms with van der Waals surface area (Å²) >= 11 is 0. The smallest absolute Gasteiger partial charge is 0.200 e. The zero-order valence-electron chi connectivity index (χ0n) is 20.1. The third-order valence-corrected chi connectivity index (χ3v) is 6.99. The van der Waals surface area contributed by atoms with Crippen molar-refractivity contribution in [2.75, 3.05) is 19.8 Å². The maximum atomic E-state index is 14.8. The summed E-state index contributed by atoms with van der Waals surface area (Å²) in [7, 11) is 0. The van der Waals surface area contributed by atoms with Crippen LogP contribution in [0.2, 0.25) is 0 Å². The SMILES string of the molecule is C=CCCC=CC1OCC(C2CCC(c3ccc(OCCCCCC)c(F)c3F)CC2)CO1. The molecule has 0 atom stereocenters. The lowest BCUT2D eigenvalue weighted by molar-refractivity contribution is -0.185. The largest absolute Gasteiger partial charge is 0.490 e. The summed E-state index contributed by atoms with van der Waals surface area (Å²) in [6.45, 7) is 7.68. The molecule has 1 aliphatic carbocycles. The van der Waals surface area contributed by atoms with Crippen LogP contribution in [0.25, 0.3) is 0 Å². The highest BCUT2D eigenvalue weighted by atomic mass is 19.2. The minimum atomic E-state index is -0.841. The first-order valence-corrected chi connectivity index (χ1v) is 12.8. The number of halogens is 2. The van der Waals surface area contributed by atoms with E-state index in [-0.39, 0.29) is 18.0 Å². The van der Waals surface area contributed by atoms with Gasteiger partial charge in [0.2, 0.25) is 5.82 Å². The quantitative estimate of drug-likeness (QED) is 0.235. The van der Waals surface area contributed by atoms with Crippen LogP contribution in [0.15, 0.2) is 36.9 Å². The number of benzene rings is 1. The minimum absolute atomic E-state index is 0.0334. The molecule has 3 nitrogen and oxygen atoms in total. The van der Waals surface area contributed by atoms with Crippen LogP contribution < -0.4 is 4.74 Å². The van der Waals surface area contributed by atoms with E-state index in [1.807, 2.05) is 12.2 Å². The Morgan fingerprint density at radius 3 is 2.42 bits per heavy atom. The normalized spacial score (nSPS) is 25.9. The highest BCUT2D eigenvalue weighted by molar-refractivity contribution is 5.33. The van der Waals surface area contributed by atoms with Crippen molar-refractivity contribution < 1.29 is 23.0 Å². The lowest BCUT2D eigenvalue weighted by atomic mass is 9.74. The van der Waals surface area contributed by atoms with Gasteiger partial charge in [0.15, 0.2) is 17.9 Å². The molecule has 0 bridgehead atoms. The predicted molar refractivity (Wildman–Crippen MR) is 128 cm³/mol. The van der Waals surface area contributed by atoms with E-state index in [0.717, 1.165) is 64.2 Å². The fraction of sp³-hybridized carbons (Fsp3) is 0.643. The van der Waals surface area contributed by atoms with Gasteiger partial charge in [0.25, 0.3) is 0 Å². The zero-order chi connectivity index (χ0) is 23.5. The van der Waals surface area contributed by atoms with E-state index in [1.165, 1.54) is 0 Å². The Morgan fingerprint density at radius 1 is 0.970 bits per heavy atom. The number of allylic oxidation sites excluding steroid dienone is 2. The number of ether oxygens (including phenoxy) is 3. The molecule has 0 unspecified atom stereocenters. The van der Waals surface area contributed by atoms with Crippen LogP contribution in [0.4, 0.5) is 8.78 Å². The van der Waals surface area contributed by atoms with Crippen LogP contribution in [0.1, 0.15) is 82.6 Å². The molecular formula is C28H40F2O3. The molecule has 1 saturated carbocycles. The highest BCUT2D eigenvalue weighted by Gasteiger charge is 2.33. The predicted octanol–water partition coefficient (Wildman–Crippen LogP) is 7.71. The summed E-state index contributed by atoms with van der Waals surface area (Å²) < 4.78 is 46.7. The highest BCUT2D eigenvalue weighted by Crippen LogP contribution is 2.41. The molecule has 0 radical (unpaired) electrons. The lowest BCUT2D eigenvalue weighted by Crippen LogP contribution is -2.36. The van der Waals surface area contributed by atoms with Gasteiger partial charge >= 0.3 is 0 Å². The Labute approximate surface area is 198 Å². The van der Waals surface area contributed by atoms with Crippen LogP contribution in [-0.2, 0) is 9.47 Å². The van der Waals surface area contributed by atoms with E-state index >= 15 is 0 Å². The Bertz CT molecular complexity index is 748. The fourth-order valence-electron chi connectivity index (χ4n) is 4.92. The number of rotatable bonds is 12. The third kappa shape index (κ3) is 7.65. The van der Waals surface area contributed by atoms with Gasteiger partial charge in [-0.15, -0.1) is 6.58 Å². The van der Waals surface area contributed by atoms with Crippen LogP contribution in [-0.4, -0.2) is 26.1 Å². The van der Waals surface area contributed by atoms with Gasteiger partial charge in [-0.25, -0.2) is 4.39 Å². The van der Waals surface area contributed by atoms with Gasteiger partial charge in [0.05, 0.1) is 19.8 Å². The monoisotopic (exact) mass is 462 g/mol. The van der Waals surface area contributed by atoms with Crippen molar-refractivity contribution in [2.45, 2.75) is 83.3 Å². The van der Waals surface area contributed by atoms with Gasteiger partial charge in [-0.1, -0.05) is 44.4 Å². The topological polar surface area (TPSA) is 27.7 Å². The maximum absolute atomic E-state index is 14.8. The molecule has 2 aliphatic rings. The summed E-state index contributed by atoms with van der Waals surface area (Å²) in [5.74, 6) is -0.614. The van der Waals surface area contributed by atoms with E-state index in [2.05, 4.69) is 19.6 Å². The van der Waals surface area contributed by atoms with Gasteiger partial charge in [-0.3, -0.25) is 0 Å². The molecule has 5 heteroatoms. The fourth-order valence-corrected chi connectivity index (χ4v) is 4.92. The first-order valence-electron chi connectivity index (χ1n) is 12.8. The summed E-state index contributed by atoms with van der Waals surface area (Å²) in [6, 6.07) is 3.33. The first-order chi connectivity index (χ1) is 16.1. The number of hydrogen-bond acceptors (Lipinski definition) is 3. The minimum Gasteiger partial charge on any atom is -0.490 e. The van der Waals surface area contributed by atoms with E-state index in [9.17, 15) is 8.78 Å². The van der Waals surface area contributed by atoms with E-state index < -0.39 is 11.6 Å². The van der Waals surface area contributed by atoms with Crippen LogP contribution in [0.5, 0.6) is 5.75 Å². The standard InChI is InChI=1S/C28H40F2O3/c1-3-5-7-9-11-26-32-19-23(20-33-26)21-12-14-22(15-13-21)24-16-17-25(28(30)27(24)29)31-18-10-8-6-4-2/h3,9,11,16-17,21-23,26H,1,4-8,10,12-15,18-20H2,2H3. The molecule has 184 valence electrons. The summed E-state index contributed by atoms with van der Waals surface area (Å²) in [5.41, 5.74) is 0.491. The Hall–Kier alpha value is -1.72. The Morgan fingerprint density at radius 2 is 1.73 bits per heavy atom. The molecular weight excluding hydrogens is 422 g/mol. The van der Waals surface area contributed by atoms with Gasteiger partial charge in [-0.05, 0) is 74.5 Å². The second kappa shape index (κ2) is 13.9. The summed E-state index contributed by atoms with van der Waals surface area (Å²) in [5, 5.41) is 0. The molecule has 1 aromatic rings. The second-order valence-corrected chi connectivity index (χ2v) is 9.39. The first kappa shape index (κ1) is 25.9. The van der Waals surface area contributed by atoms with Crippen LogP contribution >= 0.6 is 0 Å². The average molecular weight is 463 g/mol. The molecule has 1 heterocycles. The average Bonchev–Trinajstić information content (AvgIpc) is 2.85. The summed E-state index contributed by atoms with van der Waals surface area (Å²) in [6.07, 6.45) is 15.5. The van der Waals surface area contributed by atoms with Crippen molar-refractivity contribution in [3.05, 3.63) is 54.1 Å². The van der Waals surface area contributed by atoms with Crippen molar-refractivity contribution in [3.8, 4) is 5.75 Å². The van der Waals surface area contributed by atoms with E-state index in [4.69, 9.17) is 14.2 Å². The van der Waals surface area contributed by atoms with Crippen LogP contribution in [0.3, 0.4) is 0 Å². The van der Waals surface area contributed by atoms with Crippen molar-refractivity contribution in [1.29, 1.82) is 0 Å². The summed E-state index contributed by atoms with van der Waals surface area (Å²) in [4.78, 5) is 0. The Kier molecular flexibility index (Phi) is 10.9. The van der Waals surface area contributed by atoms with Gasteiger partial charge in [-0.2, -0.15) is 4.39 Å². The number of unbranched alkanes of at least 4 members (excludes halogenated alkanes) is 4. The van der Waals surface area contributed by atoms with Crippen molar-refractivity contribution in [3.63, 3.8) is 0 Å². The molecule has 3 rings (SSSR count). The molecule has 0 N–H and O–H groups in total. The number of hydrogen-bond donors (Lipinski definition) is 0. The van der Waals surface area contributed by atoms with Crippen LogP contribution in [0, 0.1) is 23.5 Å². The van der Waals surface area contributed by atoms with Gasteiger partial charge in [0.1, 0.15) is 0 Å². The molecule has 0 aromatic heterocycles. The van der Waals surface area contributed by atoms with Crippen molar-refractivity contribution in [1.82, 2.24) is 0 Å². The lowest BCUT2D eigenvalue weighted by Gasteiger charge is -2.37. The van der Waals surface area contributed by atoms with E-state index in [0.29, 0.717) is 37.2 Å². The zero-order valence-corrected chi connectivity index (χ0v) is 20.1. The molecule has 0 spiro atoms. The third-order valence-electron chi connectivity index (χ3n) is 6.99. The van der Waals surface area contributed by atoms with E-state index in [1.54, 1.807) is 12.1 Å². The van der Waals surface area contributed by atoms with Gasteiger partial charge in [0, 0.05) is 5.92 Å². The van der Waals surface area contributed by atoms with Crippen molar-refractivity contribution >= 4 is 0 Å². The molecule has 2 fully saturated rings. The second-order valence-electron chi connectivity index (χ2n) is 9.39. The van der Waals surface area contributed by atoms with Gasteiger partial charge < -0.3 is 14.2 Å². The Balaban J connectivity index is 1.44. The molecule has 33 heavy (non-hydrogen) atoms.